The van der Waals surface area contributed by atoms with Crippen molar-refractivity contribution in [3.8, 4) is 0 Å². The Balaban J connectivity index is 1.85. The molecule has 3 fully saturated rings. The topological polar surface area (TPSA) is 53.7 Å². The highest BCUT2D eigenvalue weighted by Crippen LogP contribution is 2.44. The standard InChI is InChI=1S/C8H13NO3/c9-5-3-11-8-6(5)4-1-2-10-7(4)12-8/h4-8H,1-3,9H2/t4-,5-,6-,7+,8-/m1/s1. The Kier molecular flexibility index (Phi) is 1.46. The van der Waals surface area contributed by atoms with E-state index in [4.69, 9.17) is 19.9 Å². The van der Waals surface area contributed by atoms with E-state index in [1.54, 1.807) is 0 Å². The summed E-state index contributed by atoms with van der Waals surface area (Å²) < 4.78 is 16.4. The second kappa shape index (κ2) is 2.42. The van der Waals surface area contributed by atoms with Gasteiger partial charge in [-0.05, 0) is 6.42 Å². The molecule has 3 aliphatic rings. The molecule has 2 N–H and O–H groups in total. The van der Waals surface area contributed by atoms with Crippen LogP contribution in [0.2, 0.25) is 0 Å². The van der Waals surface area contributed by atoms with Crippen LogP contribution in [0, 0.1) is 11.8 Å². The molecule has 4 nitrogen and oxygen atoms in total. The fraction of sp³-hybridized carbons (Fsp3) is 1.00. The maximum atomic E-state index is 5.92. The average molecular weight is 171 g/mol. The summed E-state index contributed by atoms with van der Waals surface area (Å²) in [6.45, 7) is 1.45. The van der Waals surface area contributed by atoms with Crippen molar-refractivity contribution >= 4 is 0 Å². The lowest BCUT2D eigenvalue weighted by atomic mass is 9.88. The lowest BCUT2D eigenvalue weighted by Crippen LogP contribution is -2.33. The Morgan fingerprint density at radius 2 is 2.08 bits per heavy atom. The first kappa shape index (κ1) is 7.26. The van der Waals surface area contributed by atoms with Crippen LogP contribution in [0.3, 0.4) is 0 Å². The maximum absolute atomic E-state index is 5.92. The van der Waals surface area contributed by atoms with Crippen molar-refractivity contribution < 1.29 is 14.2 Å². The molecule has 3 aliphatic heterocycles. The van der Waals surface area contributed by atoms with Crippen LogP contribution in [0.1, 0.15) is 6.42 Å². The Bertz CT molecular complexity index is 199. The largest absolute Gasteiger partial charge is 0.352 e. The SMILES string of the molecule is N[C@@H]1CO[C@@H]2O[C@@H]3OCC[C@@H]3[C@@H]21. The predicted octanol–water partition coefficient (Wildman–Crippen LogP) is -0.321. The summed E-state index contributed by atoms with van der Waals surface area (Å²) in [7, 11) is 0. The van der Waals surface area contributed by atoms with Gasteiger partial charge in [-0.3, -0.25) is 0 Å². The zero-order valence-corrected chi connectivity index (χ0v) is 6.81. The summed E-state index contributed by atoms with van der Waals surface area (Å²) in [5.41, 5.74) is 5.92. The number of hydrogen-bond acceptors (Lipinski definition) is 4. The van der Waals surface area contributed by atoms with Gasteiger partial charge in [0.15, 0.2) is 12.6 Å². The van der Waals surface area contributed by atoms with Crippen molar-refractivity contribution in [2.24, 2.45) is 17.6 Å². The van der Waals surface area contributed by atoms with Gasteiger partial charge in [-0.1, -0.05) is 0 Å². The van der Waals surface area contributed by atoms with Gasteiger partial charge in [0.1, 0.15) is 0 Å². The Morgan fingerprint density at radius 3 is 3.00 bits per heavy atom. The van der Waals surface area contributed by atoms with Gasteiger partial charge in [-0.15, -0.1) is 0 Å². The summed E-state index contributed by atoms with van der Waals surface area (Å²) >= 11 is 0. The van der Waals surface area contributed by atoms with Gasteiger partial charge < -0.3 is 19.9 Å². The summed E-state index contributed by atoms with van der Waals surface area (Å²) in [4.78, 5) is 0. The zero-order chi connectivity index (χ0) is 8.13. The molecule has 68 valence electrons. The Morgan fingerprint density at radius 1 is 1.17 bits per heavy atom. The van der Waals surface area contributed by atoms with Crippen molar-refractivity contribution in [3.63, 3.8) is 0 Å². The summed E-state index contributed by atoms with van der Waals surface area (Å²) in [5.74, 6) is 0.852. The Hall–Kier alpha value is -0.160. The second-order valence-corrected chi connectivity index (χ2v) is 3.77. The minimum Gasteiger partial charge on any atom is -0.352 e. The molecule has 0 aromatic carbocycles. The van der Waals surface area contributed by atoms with E-state index < -0.39 is 0 Å². The molecule has 0 unspecified atom stereocenters. The van der Waals surface area contributed by atoms with Gasteiger partial charge in [-0.2, -0.15) is 0 Å². The minimum absolute atomic E-state index is 0.0358. The van der Waals surface area contributed by atoms with Crippen molar-refractivity contribution in [1.29, 1.82) is 0 Å². The van der Waals surface area contributed by atoms with Crippen LogP contribution in [0.5, 0.6) is 0 Å². The highest BCUT2D eigenvalue weighted by atomic mass is 16.8. The highest BCUT2D eigenvalue weighted by Gasteiger charge is 2.53. The van der Waals surface area contributed by atoms with Crippen molar-refractivity contribution in [1.82, 2.24) is 0 Å². The van der Waals surface area contributed by atoms with Crippen LogP contribution < -0.4 is 5.73 Å². The summed E-state index contributed by atoms with van der Waals surface area (Å²) in [6.07, 6.45) is 0.949. The molecule has 0 radical (unpaired) electrons. The van der Waals surface area contributed by atoms with Gasteiger partial charge in [0.25, 0.3) is 0 Å². The number of hydrogen-bond donors (Lipinski definition) is 1. The monoisotopic (exact) mass is 171 g/mol. The van der Waals surface area contributed by atoms with Crippen LogP contribution in [0.25, 0.3) is 0 Å². The third-order valence-corrected chi connectivity index (χ3v) is 3.11. The average Bonchev–Trinajstić information content (AvgIpc) is 2.61. The molecule has 12 heavy (non-hydrogen) atoms. The molecular weight excluding hydrogens is 158 g/mol. The molecule has 0 bridgehead atoms. The van der Waals surface area contributed by atoms with Gasteiger partial charge in [0.2, 0.25) is 0 Å². The van der Waals surface area contributed by atoms with Crippen molar-refractivity contribution in [2.45, 2.75) is 25.0 Å². The van der Waals surface area contributed by atoms with Crippen LogP contribution >= 0.6 is 0 Å². The van der Waals surface area contributed by atoms with Crippen LogP contribution in [-0.2, 0) is 14.2 Å². The molecule has 4 heteroatoms. The zero-order valence-electron chi connectivity index (χ0n) is 6.81. The lowest BCUT2D eigenvalue weighted by molar-refractivity contribution is -0.188. The quantitative estimate of drug-likeness (QED) is 0.542. The molecule has 3 saturated heterocycles. The summed E-state index contributed by atoms with van der Waals surface area (Å²) in [5, 5.41) is 0. The van der Waals surface area contributed by atoms with Crippen LogP contribution in [0.15, 0.2) is 0 Å². The molecular formula is C8H13NO3. The molecule has 5 atom stereocenters. The summed E-state index contributed by atoms with van der Waals surface area (Å²) in [6, 6.07) is 0.145. The molecule has 0 aromatic heterocycles. The molecule has 0 saturated carbocycles. The van der Waals surface area contributed by atoms with E-state index in [2.05, 4.69) is 0 Å². The smallest absolute Gasteiger partial charge is 0.165 e. The third kappa shape index (κ3) is 0.808. The first-order valence-corrected chi connectivity index (χ1v) is 4.50. The number of rotatable bonds is 0. The molecule has 3 heterocycles. The molecule has 0 amide bonds. The first-order valence-electron chi connectivity index (χ1n) is 4.50. The van der Waals surface area contributed by atoms with E-state index in [1.165, 1.54) is 0 Å². The lowest BCUT2D eigenvalue weighted by Gasteiger charge is -2.15. The van der Waals surface area contributed by atoms with Gasteiger partial charge >= 0.3 is 0 Å². The number of fused-ring (bicyclic) bond motifs is 3. The van der Waals surface area contributed by atoms with Crippen LogP contribution in [0.4, 0.5) is 0 Å². The van der Waals surface area contributed by atoms with Crippen LogP contribution in [-0.4, -0.2) is 31.8 Å². The fourth-order valence-corrected chi connectivity index (χ4v) is 2.51. The fourth-order valence-electron chi connectivity index (χ4n) is 2.51. The third-order valence-electron chi connectivity index (χ3n) is 3.11. The number of ether oxygens (including phenoxy) is 3. The molecule has 0 spiro atoms. The maximum Gasteiger partial charge on any atom is 0.165 e. The highest BCUT2D eigenvalue weighted by molar-refractivity contribution is 4.94. The van der Waals surface area contributed by atoms with Crippen molar-refractivity contribution in [2.75, 3.05) is 13.2 Å². The molecule has 3 rings (SSSR count). The van der Waals surface area contributed by atoms with E-state index >= 15 is 0 Å². The molecule has 0 aromatic rings. The minimum atomic E-state index is -0.0877. The van der Waals surface area contributed by atoms with Gasteiger partial charge in [0, 0.05) is 17.9 Å². The molecule has 0 aliphatic carbocycles. The van der Waals surface area contributed by atoms with Crippen molar-refractivity contribution in [3.05, 3.63) is 0 Å². The van der Waals surface area contributed by atoms with E-state index in [-0.39, 0.29) is 18.6 Å². The second-order valence-electron chi connectivity index (χ2n) is 3.77. The normalized spacial score (nSPS) is 57.2. The van der Waals surface area contributed by atoms with E-state index in [0.717, 1.165) is 13.0 Å². The van der Waals surface area contributed by atoms with Gasteiger partial charge in [0.05, 0.1) is 13.2 Å². The van der Waals surface area contributed by atoms with E-state index in [0.29, 0.717) is 18.4 Å². The first-order chi connectivity index (χ1) is 5.86. The van der Waals surface area contributed by atoms with Gasteiger partial charge in [-0.25, -0.2) is 0 Å². The number of nitrogens with two attached hydrogens (primary N) is 1. The van der Waals surface area contributed by atoms with E-state index in [1.807, 2.05) is 0 Å². The Labute approximate surface area is 71.0 Å². The predicted molar refractivity (Wildman–Crippen MR) is 40.1 cm³/mol. The van der Waals surface area contributed by atoms with E-state index in [9.17, 15) is 0 Å².